The third kappa shape index (κ3) is 3.57. The number of hydrogen-bond donors (Lipinski definition) is 0. The van der Waals surface area contributed by atoms with Crippen molar-refractivity contribution in [2.75, 3.05) is 0 Å². The van der Waals surface area contributed by atoms with Crippen LogP contribution in [0.15, 0.2) is 34.7 Å². The second kappa shape index (κ2) is 8.02. The van der Waals surface area contributed by atoms with Crippen molar-refractivity contribution in [1.29, 1.82) is 0 Å². The van der Waals surface area contributed by atoms with Gasteiger partial charge in [-0.3, -0.25) is 4.57 Å². The third-order valence-electron chi connectivity index (χ3n) is 4.04. The Labute approximate surface area is 175 Å². The van der Waals surface area contributed by atoms with Crippen LogP contribution in [0.1, 0.15) is 26.1 Å². The number of fused-ring (bicyclic) bond motifs is 1. The predicted octanol–water partition coefficient (Wildman–Crippen LogP) is 4.23. The van der Waals surface area contributed by atoms with Crippen LogP contribution in [0.25, 0.3) is 16.9 Å². The first-order chi connectivity index (χ1) is 13.6. The number of nitrogens with zero attached hydrogens (tertiary/aromatic N) is 8. The zero-order valence-electron chi connectivity index (χ0n) is 15.2. The molecule has 0 bridgehead atoms. The summed E-state index contributed by atoms with van der Waals surface area (Å²) in [5.74, 6) is 1.53. The van der Waals surface area contributed by atoms with Crippen LogP contribution in [-0.4, -0.2) is 39.7 Å². The molecule has 0 amide bonds. The van der Waals surface area contributed by atoms with Crippen molar-refractivity contribution >= 4 is 46.0 Å². The van der Waals surface area contributed by atoms with Gasteiger partial charge in [0.1, 0.15) is 10.9 Å². The van der Waals surface area contributed by atoms with E-state index in [0.29, 0.717) is 37.1 Å². The number of rotatable bonds is 6. The Balaban J connectivity index is 1.90. The van der Waals surface area contributed by atoms with Crippen molar-refractivity contribution in [2.24, 2.45) is 0 Å². The number of benzene rings is 1. The fraction of sp³-hybridized carbons (Fsp3) is 0.294. The molecular formula is C17H16Cl2N8S. The molecule has 0 N–H and O–H groups in total. The van der Waals surface area contributed by atoms with Crippen molar-refractivity contribution in [1.82, 2.24) is 39.7 Å². The summed E-state index contributed by atoms with van der Waals surface area (Å²) in [7, 11) is 0. The van der Waals surface area contributed by atoms with Crippen LogP contribution in [0.3, 0.4) is 0 Å². The maximum absolute atomic E-state index is 6.18. The highest BCUT2D eigenvalue weighted by Crippen LogP contribution is 2.33. The molecule has 0 radical (unpaired) electrons. The van der Waals surface area contributed by atoms with Gasteiger partial charge >= 0.3 is 0 Å². The molecule has 4 aromatic rings. The fourth-order valence-corrected chi connectivity index (χ4v) is 3.93. The number of hydrogen-bond acceptors (Lipinski definition) is 7. The summed E-state index contributed by atoms with van der Waals surface area (Å²) < 4.78 is 3.68. The molecule has 0 aliphatic heterocycles. The van der Waals surface area contributed by atoms with Gasteiger partial charge in [-0.1, -0.05) is 37.0 Å². The quantitative estimate of drug-likeness (QED) is 0.448. The van der Waals surface area contributed by atoms with Gasteiger partial charge in [0.25, 0.3) is 0 Å². The molecule has 0 aliphatic rings. The van der Waals surface area contributed by atoms with Gasteiger partial charge in [0.2, 0.25) is 5.16 Å². The molecule has 0 saturated heterocycles. The van der Waals surface area contributed by atoms with Crippen LogP contribution in [0.2, 0.25) is 10.0 Å². The SMILES string of the molecule is CCCn1nnnc1Sc1nc2cc(Cl)c(Cl)cc2nc1-n1ccnc1CC. The zero-order valence-corrected chi connectivity index (χ0v) is 17.5. The van der Waals surface area contributed by atoms with Crippen LogP contribution in [-0.2, 0) is 13.0 Å². The third-order valence-corrected chi connectivity index (χ3v) is 5.71. The zero-order chi connectivity index (χ0) is 19.7. The predicted molar refractivity (Wildman–Crippen MR) is 108 cm³/mol. The lowest BCUT2D eigenvalue weighted by Gasteiger charge is -2.12. The summed E-state index contributed by atoms with van der Waals surface area (Å²) in [4.78, 5) is 14.0. The van der Waals surface area contributed by atoms with Gasteiger partial charge in [-0.2, -0.15) is 0 Å². The van der Waals surface area contributed by atoms with E-state index in [1.807, 2.05) is 17.7 Å². The molecule has 11 heteroatoms. The van der Waals surface area contributed by atoms with E-state index >= 15 is 0 Å². The van der Waals surface area contributed by atoms with Crippen LogP contribution >= 0.6 is 35.0 Å². The first-order valence-corrected chi connectivity index (χ1v) is 10.3. The Morgan fingerprint density at radius 3 is 2.54 bits per heavy atom. The van der Waals surface area contributed by atoms with E-state index in [1.165, 1.54) is 11.8 Å². The summed E-state index contributed by atoms with van der Waals surface area (Å²) in [6, 6.07) is 3.43. The van der Waals surface area contributed by atoms with Crippen molar-refractivity contribution in [3.05, 3.63) is 40.4 Å². The Hall–Kier alpha value is -2.23. The second-order valence-electron chi connectivity index (χ2n) is 5.96. The van der Waals surface area contributed by atoms with E-state index in [1.54, 1.807) is 23.0 Å². The molecule has 3 heterocycles. The number of aromatic nitrogens is 8. The standard InChI is InChI=1S/C17H16Cl2N8S/c1-3-6-27-17(23-24-25-27)28-16-15(26-7-5-20-14(26)4-2)21-12-8-10(18)11(19)9-13(12)22-16/h5,7-9H,3-4,6H2,1-2H3. The number of tetrazole rings is 1. The van der Waals surface area contributed by atoms with Crippen LogP contribution in [0.4, 0.5) is 0 Å². The van der Waals surface area contributed by atoms with Crippen molar-refractivity contribution < 1.29 is 0 Å². The molecule has 0 saturated carbocycles. The van der Waals surface area contributed by atoms with Gasteiger partial charge in [-0.25, -0.2) is 19.6 Å². The van der Waals surface area contributed by atoms with Crippen molar-refractivity contribution in [2.45, 2.75) is 43.4 Å². The minimum absolute atomic E-state index is 0.430. The Kier molecular flexibility index (Phi) is 5.47. The molecule has 144 valence electrons. The molecule has 1 aromatic carbocycles. The van der Waals surface area contributed by atoms with Gasteiger partial charge in [-0.05, 0) is 40.7 Å². The first-order valence-electron chi connectivity index (χ1n) is 8.74. The molecule has 0 fully saturated rings. The Morgan fingerprint density at radius 1 is 1.07 bits per heavy atom. The summed E-state index contributed by atoms with van der Waals surface area (Å²) in [6.07, 6.45) is 5.29. The molecular weight excluding hydrogens is 419 g/mol. The van der Waals surface area contributed by atoms with Crippen LogP contribution in [0.5, 0.6) is 0 Å². The van der Waals surface area contributed by atoms with Crippen LogP contribution in [0, 0.1) is 0 Å². The van der Waals surface area contributed by atoms with E-state index in [2.05, 4.69) is 27.4 Å². The van der Waals surface area contributed by atoms with Gasteiger partial charge in [-0.15, -0.1) is 5.10 Å². The van der Waals surface area contributed by atoms with Gasteiger partial charge in [0.15, 0.2) is 5.82 Å². The van der Waals surface area contributed by atoms with E-state index in [4.69, 9.17) is 33.2 Å². The summed E-state index contributed by atoms with van der Waals surface area (Å²) in [5.41, 5.74) is 1.30. The first kappa shape index (κ1) is 19.1. The minimum Gasteiger partial charge on any atom is -0.286 e. The largest absolute Gasteiger partial charge is 0.286 e. The topological polar surface area (TPSA) is 87.2 Å². The van der Waals surface area contributed by atoms with Crippen molar-refractivity contribution in [3.8, 4) is 5.82 Å². The monoisotopic (exact) mass is 434 g/mol. The average Bonchev–Trinajstić information content (AvgIpc) is 3.32. The van der Waals surface area contributed by atoms with E-state index in [0.717, 1.165) is 25.2 Å². The maximum Gasteiger partial charge on any atom is 0.215 e. The lowest BCUT2D eigenvalue weighted by molar-refractivity contribution is 0.539. The smallest absolute Gasteiger partial charge is 0.215 e. The molecule has 28 heavy (non-hydrogen) atoms. The van der Waals surface area contributed by atoms with Crippen molar-refractivity contribution in [3.63, 3.8) is 0 Å². The molecule has 0 unspecified atom stereocenters. The normalized spacial score (nSPS) is 11.4. The average molecular weight is 435 g/mol. The number of aryl methyl sites for hydroxylation is 2. The Bertz CT molecular complexity index is 1140. The molecule has 0 aliphatic carbocycles. The molecule has 0 spiro atoms. The van der Waals surface area contributed by atoms with Crippen LogP contribution < -0.4 is 0 Å². The lowest BCUT2D eigenvalue weighted by Crippen LogP contribution is -2.07. The highest BCUT2D eigenvalue weighted by Gasteiger charge is 2.18. The Morgan fingerprint density at radius 2 is 1.82 bits per heavy atom. The number of halogens is 2. The molecule has 4 rings (SSSR count). The lowest BCUT2D eigenvalue weighted by atomic mass is 10.3. The van der Waals surface area contributed by atoms with E-state index in [9.17, 15) is 0 Å². The van der Waals surface area contributed by atoms with E-state index < -0.39 is 0 Å². The highest BCUT2D eigenvalue weighted by molar-refractivity contribution is 7.99. The molecule has 0 atom stereocenters. The van der Waals surface area contributed by atoms with E-state index in [-0.39, 0.29) is 0 Å². The van der Waals surface area contributed by atoms with Gasteiger partial charge in [0.05, 0.1) is 21.1 Å². The van der Waals surface area contributed by atoms with Gasteiger partial charge in [0, 0.05) is 25.4 Å². The highest BCUT2D eigenvalue weighted by atomic mass is 35.5. The summed E-state index contributed by atoms with van der Waals surface area (Å²) in [6.45, 7) is 4.83. The molecule has 3 aromatic heterocycles. The van der Waals surface area contributed by atoms with Gasteiger partial charge < -0.3 is 0 Å². The molecule has 8 nitrogen and oxygen atoms in total. The number of imidazole rings is 1. The fourth-order valence-electron chi connectivity index (χ4n) is 2.75. The summed E-state index contributed by atoms with van der Waals surface area (Å²) in [5, 5.41) is 14.1. The second-order valence-corrected chi connectivity index (χ2v) is 7.73. The maximum atomic E-state index is 6.18. The minimum atomic E-state index is 0.430. The summed E-state index contributed by atoms with van der Waals surface area (Å²) >= 11 is 13.7.